The summed E-state index contributed by atoms with van der Waals surface area (Å²) in [7, 11) is 0. The number of nitro groups is 1. The maximum Gasteiger partial charge on any atom is 0.274 e. The molecule has 0 atom stereocenters. The minimum absolute atomic E-state index is 0.0788. The highest BCUT2D eigenvalue weighted by Crippen LogP contribution is 2.27. The lowest BCUT2D eigenvalue weighted by Crippen LogP contribution is -2.04. The van der Waals surface area contributed by atoms with Crippen molar-refractivity contribution in [3.05, 3.63) is 67.9 Å². The fourth-order valence-electron chi connectivity index (χ4n) is 1.70. The summed E-state index contributed by atoms with van der Waals surface area (Å²) in [5.74, 6) is -0.533. The molecule has 0 aliphatic rings. The van der Waals surface area contributed by atoms with Gasteiger partial charge >= 0.3 is 0 Å². The van der Waals surface area contributed by atoms with Crippen LogP contribution in [-0.4, -0.2) is 4.92 Å². The van der Waals surface area contributed by atoms with Crippen LogP contribution in [0.2, 0.25) is 10.0 Å². The van der Waals surface area contributed by atoms with Crippen molar-refractivity contribution in [3.63, 3.8) is 0 Å². The number of anilines is 1. The monoisotopic (exact) mass is 314 g/mol. The van der Waals surface area contributed by atoms with E-state index in [-0.39, 0.29) is 17.8 Å². The Labute approximate surface area is 124 Å². The third kappa shape index (κ3) is 3.37. The summed E-state index contributed by atoms with van der Waals surface area (Å²) in [5, 5.41) is 14.7. The first-order valence-electron chi connectivity index (χ1n) is 5.59. The van der Waals surface area contributed by atoms with Crippen LogP contribution in [0.15, 0.2) is 36.4 Å². The first kappa shape index (κ1) is 14.6. The highest BCUT2D eigenvalue weighted by atomic mass is 35.5. The molecule has 0 saturated heterocycles. The van der Waals surface area contributed by atoms with E-state index >= 15 is 0 Å². The molecule has 0 amide bonds. The van der Waals surface area contributed by atoms with Crippen molar-refractivity contribution in [3.8, 4) is 0 Å². The van der Waals surface area contributed by atoms with Gasteiger partial charge in [0.05, 0.1) is 21.2 Å². The lowest BCUT2D eigenvalue weighted by molar-refractivity contribution is -0.385. The van der Waals surface area contributed by atoms with Gasteiger partial charge in [0, 0.05) is 17.6 Å². The summed E-state index contributed by atoms with van der Waals surface area (Å²) in [6, 6.07) is 8.14. The second-order valence-corrected chi connectivity index (χ2v) is 4.85. The molecule has 4 nitrogen and oxygen atoms in total. The second-order valence-electron chi connectivity index (χ2n) is 4.01. The zero-order valence-electron chi connectivity index (χ0n) is 10.1. The maximum absolute atomic E-state index is 13.2. The van der Waals surface area contributed by atoms with Crippen LogP contribution in [0.5, 0.6) is 0 Å². The summed E-state index contributed by atoms with van der Waals surface area (Å²) >= 11 is 11.7. The Balaban J connectivity index is 2.22. The standard InChI is InChI=1S/C13H9Cl2FN2O2/c14-9-1-3-12(11(15)6-9)17-7-8-5-10(16)2-4-13(8)18(19)20/h1-6,17H,7H2. The van der Waals surface area contributed by atoms with Gasteiger partial charge in [0.25, 0.3) is 5.69 Å². The Hall–Kier alpha value is -1.85. The van der Waals surface area contributed by atoms with E-state index in [1.807, 2.05) is 0 Å². The Morgan fingerprint density at radius 1 is 1.20 bits per heavy atom. The van der Waals surface area contributed by atoms with Crippen molar-refractivity contribution in [2.45, 2.75) is 6.54 Å². The van der Waals surface area contributed by atoms with E-state index in [2.05, 4.69) is 5.32 Å². The summed E-state index contributed by atoms with van der Waals surface area (Å²) < 4.78 is 13.2. The molecule has 0 radical (unpaired) electrons. The molecule has 0 bridgehead atoms. The Bertz CT molecular complexity index is 665. The number of hydrogen-bond acceptors (Lipinski definition) is 3. The van der Waals surface area contributed by atoms with Crippen LogP contribution in [0.1, 0.15) is 5.56 Å². The number of hydrogen-bond donors (Lipinski definition) is 1. The zero-order chi connectivity index (χ0) is 14.7. The van der Waals surface area contributed by atoms with Crippen LogP contribution in [0, 0.1) is 15.9 Å². The number of nitro benzene ring substituents is 1. The average Bonchev–Trinajstić information content (AvgIpc) is 2.37. The molecule has 0 aliphatic carbocycles. The molecule has 2 aromatic rings. The molecule has 0 heterocycles. The van der Waals surface area contributed by atoms with Gasteiger partial charge in [0.1, 0.15) is 5.82 Å². The van der Waals surface area contributed by atoms with Crippen molar-refractivity contribution >= 4 is 34.6 Å². The summed E-state index contributed by atoms with van der Waals surface area (Å²) in [6.07, 6.45) is 0. The average molecular weight is 315 g/mol. The topological polar surface area (TPSA) is 55.2 Å². The van der Waals surface area contributed by atoms with Crippen LogP contribution in [0.25, 0.3) is 0 Å². The van der Waals surface area contributed by atoms with Gasteiger partial charge in [-0.3, -0.25) is 10.1 Å². The van der Waals surface area contributed by atoms with Crippen molar-refractivity contribution < 1.29 is 9.31 Å². The largest absolute Gasteiger partial charge is 0.379 e. The summed E-state index contributed by atoms with van der Waals surface area (Å²) in [6.45, 7) is 0.0788. The van der Waals surface area contributed by atoms with Gasteiger partial charge in [-0.25, -0.2) is 4.39 Å². The van der Waals surface area contributed by atoms with Crippen LogP contribution < -0.4 is 5.32 Å². The van der Waals surface area contributed by atoms with Crippen LogP contribution in [-0.2, 0) is 6.54 Å². The van der Waals surface area contributed by atoms with E-state index in [4.69, 9.17) is 23.2 Å². The Morgan fingerprint density at radius 3 is 2.60 bits per heavy atom. The van der Waals surface area contributed by atoms with Crippen LogP contribution in [0.3, 0.4) is 0 Å². The fraction of sp³-hybridized carbons (Fsp3) is 0.0769. The van der Waals surface area contributed by atoms with Gasteiger partial charge in [-0.1, -0.05) is 23.2 Å². The highest BCUT2D eigenvalue weighted by molar-refractivity contribution is 6.36. The quantitative estimate of drug-likeness (QED) is 0.660. The van der Waals surface area contributed by atoms with Crippen molar-refractivity contribution in [2.24, 2.45) is 0 Å². The number of nitrogens with one attached hydrogen (secondary N) is 1. The van der Waals surface area contributed by atoms with Crippen LogP contribution in [0.4, 0.5) is 15.8 Å². The Morgan fingerprint density at radius 2 is 1.95 bits per heavy atom. The third-order valence-electron chi connectivity index (χ3n) is 2.64. The molecule has 20 heavy (non-hydrogen) atoms. The molecule has 0 saturated carbocycles. The maximum atomic E-state index is 13.2. The lowest BCUT2D eigenvalue weighted by atomic mass is 10.1. The smallest absolute Gasteiger partial charge is 0.274 e. The van der Waals surface area contributed by atoms with Gasteiger partial charge in [-0.05, 0) is 30.3 Å². The van der Waals surface area contributed by atoms with Gasteiger partial charge in [0.2, 0.25) is 0 Å². The molecule has 0 aliphatic heterocycles. The molecule has 7 heteroatoms. The molecule has 0 fully saturated rings. The second kappa shape index (κ2) is 6.07. The first-order chi connectivity index (χ1) is 9.47. The van der Waals surface area contributed by atoms with Gasteiger partial charge < -0.3 is 5.32 Å². The molecule has 1 N–H and O–H groups in total. The fourth-order valence-corrected chi connectivity index (χ4v) is 2.17. The number of rotatable bonds is 4. The first-order valence-corrected chi connectivity index (χ1v) is 6.34. The number of halogens is 3. The van der Waals surface area contributed by atoms with Gasteiger partial charge in [-0.2, -0.15) is 0 Å². The van der Waals surface area contributed by atoms with E-state index in [0.717, 1.165) is 18.2 Å². The minimum Gasteiger partial charge on any atom is -0.379 e. The van der Waals surface area contributed by atoms with Crippen molar-refractivity contribution in [1.29, 1.82) is 0 Å². The number of benzene rings is 2. The molecule has 2 aromatic carbocycles. The highest BCUT2D eigenvalue weighted by Gasteiger charge is 2.14. The molecule has 0 aromatic heterocycles. The summed E-state index contributed by atoms with van der Waals surface area (Å²) in [4.78, 5) is 10.3. The molecular weight excluding hydrogens is 306 g/mol. The normalized spacial score (nSPS) is 10.3. The zero-order valence-corrected chi connectivity index (χ0v) is 11.6. The summed E-state index contributed by atoms with van der Waals surface area (Å²) in [5.41, 5.74) is 0.652. The molecule has 0 spiro atoms. The van der Waals surface area contributed by atoms with Gasteiger partial charge in [-0.15, -0.1) is 0 Å². The SMILES string of the molecule is O=[N+]([O-])c1ccc(F)cc1CNc1ccc(Cl)cc1Cl. The van der Waals surface area contributed by atoms with Crippen molar-refractivity contribution in [2.75, 3.05) is 5.32 Å². The lowest BCUT2D eigenvalue weighted by Gasteiger charge is -2.09. The van der Waals surface area contributed by atoms with E-state index in [9.17, 15) is 14.5 Å². The Kier molecular flexibility index (Phi) is 4.42. The van der Waals surface area contributed by atoms with Crippen LogP contribution >= 0.6 is 23.2 Å². The number of nitrogens with zero attached hydrogens (tertiary/aromatic N) is 1. The molecular formula is C13H9Cl2FN2O2. The van der Waals surface area contributed by atoms with Gasteiger partial charge in [0.15, 0.2) is 0 Å². The van der Waals surface area contributed by atoms with E-state index in [1.54, 1.807) is 18.2 Å². The van der Waals surface area contributed by atoms with E-state index in [0.29, 0.717) is 15.7 Å². The predicted molar refractivity (Wildman–Crippen MR) is 76.8 cm³/mol. The minimum atomic E-state index is -0.556. The molecule has 0 unspecified atom stereocenters. The predicted octanol–water partition coefficient (Wildman–Crippen LogP) is 4.65. The van der Waals surface area contributed by atoms with E-state index < -0.39 is 10.7 Å². The molecule has 2 rings (SSSR count). The third-order valence-corrected chi connectivity index (χ3v) is 3.19. The van der Waals surface area contributed by atoms with E-state index in [1.165, 1.54) is 0 Å². The van der Waals surface area contributed by atoms with Crippen molar-refractivity contribution in [1.82, 2.24) is 0 Å². The molecule has 104 valence electrons.